The third-order valence-corrected chi connectivity index (χ3v) is 1.51. The molecule has 0 spiro atoms. The summed E-state index contributed by atoms with van der Waals surface area (Å²) in [4.78, 5) is 4.15. The summed E-state index contributed by atoms with van der Waals surface area (Å²) in [5.74, 6) is 0. The van der Waals surface area contributed by atoms with Crippen molar-refractivity contribution in [3.63, 3.8) is 0 Å². The summed E-state index contributed by atoms with van der Waals surface area (Å²) in [5, 5.41) is 0.589. The molecular weight excluding hydrogens is 170 g/mol. The molecule has 0 atom stereocenters. The maximum Gasteiger partial charge on any atom is 0.156 e. The van der Waals surface area contributed by atoms with Gasteiger partial charge in [0.05, 0.1) is 6.61 Å². The summed E-state index contributed by atoms with van der Waals surface area (Å²) >= 11 is 4.77. The van der Waals surface area contributed by atoms with Crippen molar-refractivity contribution < 1.29 is 4.74 Å². The van der Waals surface area contributed by atoms with Crippen LogP contribution in [-0.4, -0.2) is 16.6 Å². The van der Waals surface area contributed by atoms with Crippen molar-refractivity contribution in [3.05, 3.63) is 30.1 Å². The Labute approximate surface area is 77.6 Å². The van der Waals surface area contributed by atoms with Gasteiger partial charge in [0.2, 0.25) is 0 Å². The van der Waals surface area contributed by atoms with Gasteiger partial charge < -0.3 is 4.74 Å². The Kier molecular flexibility index (Phi) is 3.67. The van der Waals surface area contributed by atoms with Crippen LogP contribution < -0.4 is 0 Å². The molecule has 1 heterocycles. The number of hydrogen-bond acceptors (Lipinski definition) is 3. The van der Waals surface area contributed by atoms with Gasteiger partial charge in [-0.3, -0.25) is 4.98 Å². The van der Waals surface area contributed by atoms with Gasteiger partial charge in [0.25, 0.3) is 0 Å². The molecule has 0 fully saturated rings. The van der Waals surface area contributed by atoms with E-state index in [0.717, 1.165) is 12.1 Å². The summed E-state index contributed by atoms with van der Waals surface area (Å²) in [5.41, 5.74) is 1.04. The molecule has 0 saturated carbocycles. The number of rotatable bonds is 3. The first-order chi connectivity index (χ1) is 5.79. The van der Waals surface area contributed by atoms with E-state index in [1.54, 1.807) is 13.1 Å². The lowest BCUT2D eigenvalue weighted by Crippen LogP contribution is -2.02. The van der Waals surface area contributed by atoms with E-state index in [0.29, 0.717) is 11.7 Å². The van der Waals surface area contributed by atoms with Gasteiger partial charge in [0.1, 0.15) is 0 Å². The SMILES string of the molecule is CC(=S)OCCc1ccccn1. The number of nitrogens with zero attached hydrogens (tertiary/aromatic N) is 1. The highest BCUT2D eigenvalue weighted by atomic mass is 32.1. The molecule has 1 aromatic heterocycles. The zero-order chi connectivity index (χ0) is 8.81. The highest BCUT2D eigenvalue weighted by Gasteiger charge is 1.93. The molecule has 1 aromatic rings. The highest BCUT2D eigenvalue weighted by Crippen LogP contribution is 1.95. The molecule has 0 aliphatic heterocycles. The Morgan fingerprint density at radius 2 is 2.42 bits per heavy atom. The number of ether oxygens (including phenoxy) is 1. The number of aromatic nitrogens is 1. The van der Waals surface area contributed by atoms with Crippen molar-refractivity contribution in [2.45, 2.75) is 13.3 Å². The minimum Gasteiger partial charge on any atom is -0.487 e. The standard InChI is InChI=1S/C9H11NOS/c1-8(12)11-7-5-9-4-2-3-6-10-9/h2-4,6H,5,7H2,1H3. The third-order valence-electron chi connectivity index (χ3n) is 1.39. The quantitative estimate of drug-likeness (QED) is 0.666. The minimum absolute atomic E-state index is 0.589. The molecule has 1 rings (SSSR count). The Bertz CT molecular complexity index is 248. The van der Waals surface area contributed by atoms with Gasteiger partial charge in [-0.25, -0.2) is 0 Å². The second kappa shape index (κ2) is 4.83. The Balaban J connectivity index is 2.29. The summed E-state index contributed by atoms with van der Waals surface area (Å²) in [6.45, 7) is 2.39. The topological polar surface area (TPSA) is 22.1 Å². The number of hydrogen-bond donors (Lipinski definition) is 0. The van der Waals surface area contributed by atoms with Crippen LogP contribution in [0.5, 0.6) is 0 Å². The second-order valence-electron chi connectivity index (χ2n) is 2.41. The minimum atomic E-state index is 0.589. The smallest absolute Gasteiger partial charge is 0.156 e. The Morgan fingerprint density at radius 3 is 3.00 bits per heavy atom. The van der Waals surface area contributed by atoms with Gasteiger partial charge >= 0.3 is 0 Å². The summed E-state index contributed by atoms with van der Waals surface area (Å²) in [7, 11) is 0. The van der Waals surface area contributed by atoms with E-state index in [1.807, 2.05) is 18.2 Å². The van der Waals surface area contributed by atoms with E-state index in [4.69, 9.17) is 17.0 Å². The second-order valence-corrected chi connectivity index (χ2v) is 2.99. The lowest BCUT2D eigenvalue weighted by molar-refractivity contribution is 0.314. The molecule has 0 saturated heterocycles. The van der Waals surface area contributed by atoms with Crippen molar-refractivity contribution in [2.24, 2.45) is 0 Å². The molecule has 0 bridgehead atoms. The van der Waals surface area contributed by atoms with Crippen LogP contribution in [-0.2, 0) is 11.2 Å². The zero-order valence-corrected chi connectivity index (χ0v) is 7.80. The van der Waals surface area contributed by atoms with Crippen molar-refractivity contribution in [2.75, 3.05) is 6.61 Å². The van der Waals surface area contributed by atoms with E-state index in [-0.39, 0.29) is 0 Å². The average molecular weight is 181 g/mol. The third kappa shape index (κ3) is 3.44. The zero-order valence-electron chi connectivity index (χ0n) is 6.99. The van der Waals surface area contributed by atoms with Gasteiger partial charge in [0.15, 0.2) is 5.05 Å². The van der Waals surface area contributed by atoms with Crippen molar-refractivity contribution in [3.8, 4) is 0 Å². The van der Waals surface area contributed by atoms with E-state index < -0.39 is 0 Å². The first-order valence-electron chi connectivity index (χ1n) is 3.82. The number of thiocarbonyl (C=S) groups is 1. The van der Waals surface area contributed by atoms with E-state index in [9.17, 15) is 0 Å². The van der Waals surface area contributed by atoms with Crippen LogP contribution in [0.1, 0.15) is 12.6 Å². The molecule has 0 aliphatic carbocycles. The van der Waals surface area contributed by atoms with Crippen LogP contribution in [0.25, 0.3) is 0 Å². The van der Waals surface area contributed by atoms with Crippen molar-refractivity contribution in [1.29, 1.82) is 0 Å². The van der Waals surface area contributed by atoms with E-state index in [1.165, 1.54) is 0 Å². The Hall–Kier alpha value is -0.960. The van der Waals surface area contributed by atoms with Crippen LogP contribution in [0.4, 0.5) is 0 Å². The van der Waals surface area contributed by atoms with Gasteiger partial charge in [0, 0.05) is 25.2 Å². The molecule has 0 aromatic carbocycles. The molecule has 0 unspecified atom stereocenters. The van der Waals surface area contributed by atoms with Crippen LogP contribution in [0.3, 0.4) is 0 Å². The molecular formula is C9H11NOS. The summed E-state index contributed by atoms with van der Waals surface area (Å²) in [6.07, 6.45) is 2.59. The molecule has 12 heavy (non-hydrogen) atoms. The fraction of sp³-hybridized carbons (Fsp3) is 0.333. The normalized spacial score (nSPS) is 9.42. The molecule has 0 amide bonds. The van der Waals surface area contributed by atoms with E-state index >= 15 is 0 Å². The molecule has 0 N–H and O–H groups in total. The van der Waals surface area contributed by atoms with Crippen LogP contribution >= 0.6 is 12.2 Å². The maximum atomic E-state index is 5.14. The summed E-state index contributed by atoms with van der Waals surface area (Å²) < 4.78 is 5.14. The van der Waals surface area contributed by atoms with Gasteiger partial charge in [-0.05, 0) is 24.4 Å². The van der Waals surface area contributed by atoms with Crippen LogP contribution in [0.15, 0.2) is 24.4 Å². The van der Waals surface area contributed by atoms with Crippen molar-refractivity contribution >= 4 is 17.3 Å². The van der Waals surface area contributed by atoms with Crippen molar-refractivity contribution in [1.82, 2.24) is 4.98 Å². The Morgan fingerprint density at radius 1 is 1.58 bits per heavy atom. The van der Waals surface area contributed by atoms with E-state index in [2.05, 4.69) is 4.98 Å². The summed E-state index contributed by atoms with van der Waals surface area (Å²) in [6, 6.07) is 5.84. The fourth-order valence-electron chi connectivity index (χ4n) is 0.845. The average Bonchev–Trinajstić information content (AvgIpc) is 2.05. The number of pyridine rings is 1. The lowest BCUT2D eigenvalue weighted by Gasteiger charge is -2.01. The fourth-order valence-corrected chi connectivity index (χ4v) is 0.929. The molecule has 2 nitrogen and oxygen atoms in total. The highest BCUT2D eigenvalue weighted by molar-refractivity contribution is 7.80. The maximum absolute atomic E-state index is 5.14. The molecule has 0 radical (unpaired) electrons. The molecule has 3 heteroatoms. The van der Waals surface area contributed by atoms with Gasteiger partial charge in [-0.1, -0.05) is 6.07 Å². The predicted molar refractivity (Wildman–Crippen MR) is 52.2 cm³/mol. The van der Waals surface area contributed by atoms with Gasteiger partial charge in [-0.2, -0.15) is 0 Å². The first kappa shape index (κ1) is 9.13. The molecule has 64 valence electrons. The molecule has 0 aliphatic rings. The lowest BCUT2D eigenvalue weighted by atomic mass is 10.3. The largest absolute Gasteiger partial charge is 0.487 e. The monoisotopic (exact) mass is 181 g/mol. The van der Waals surface area contributed by atoms with Crippen LogP contribution in [0, 0.1) is 0 Å². The predicted octanol–water partition coefficient (Wildman–Crippen LogP) is 1.99. The van der Waals surface area contributed by atoms with Crippen LogP contribution in [0.2, 0.25) is 0 Å². The first-order valence-corrected chi connectivity index (χ1v) is 4.23. The van der Waals surface area contributed by atoms with Gasteiger partial charge in [-0.15, -0.1) is 0 Å².